The molecule has 0 bridgehead atoms. The SMILES string of the molecule is CC(C)NC(=O)N1CCN(S(C)(=O)=O)C1=O.CC(C)NC(=O)c1nc[nH]c1C(=O)O.CCN1CCN(C(=O)NC(C)C)C(=O)C1=O.CNC(=O)CC(N)C(=O)NC(C)C.Cc1cc(C)c(C(=O)NC(C)C)cn1. The van der Waals surface area contributed by atoms with Crippen LogP contribution in [0.15, 0.2) is 18.6 Å². The molecule has 2 aromatic heterocycles. The number of carbonyl (C=O) groups excluding carboxylic acids is 9. The van der Waals surface area contributed by atoms with Crippen molar-refractivity contribution in [3.63, 3.8) is 0 Å². The lowest BCUT2D eigenvalue weighted by Gasteiger charge is -2.32. The van der Waals surface area contributed by atoms with Gasteiger partial charge in [-0.3, -0.25) is 38.7 Å². The highest BCUT2D eigenvalue weighted by Crippen LogP contribution is 2.13. The van der Waals surface area contributed by atoms with Crippen molar-refractivity contribution >= 4 is 69.5 Å². The first-order chi connectivity index (χ1) is 33.7. The summed E-state index contributed by atoms with van der Waals surface area (Å²) < 4.78 is 23.0. The van der Waals surface area contributed by atoms with Gasteiger partial charge in [0.2, 0.25) is 21.8 Å². The zero-order valence-corrected chi connectivity index (χ0v) is 45.3. The van der Waals surface area contributed by atoms with Crippen molar-refractivity contribution in [3.05, 3.63) is 46.8 Å². The summed E-state index contributed by atoms with van der Waals surface area (Å²) in [6.07, 6.45) is 3.77. The Morgan fingerprint density at radius 3 is 1.66 bits per heavy atom. The lowest BCUT2D eigenvalue weighted by molar-refractivity contribution is -0.153. The van der Waals surface area contributed by atoms with E-state index >= 15 is 0 Å². The molecule has 1 unspecified atom stereocenters. The number of H-pyrrole nitrogens is 1. The molecule has 12 amide bonds. The maximum Gasteiger partial charge on any atom is 0.354 e. The third-order valence-corrected chi connectivity index (χ3v) is 10.4. The Labute approximate surface area is 427 Å². The number of aromatic carboxylic acids is 1. The first-order valence-electron chi connectivity index (χ1n) is 23.3. The molecule has 0 spiro atoms. The molecule has 28 heteroatoms. The molecule has 2 aliphatic heterocycles. The van der Waals surface area contributed by atoms with Gasteiger partial charge in [-0.1, -0.05) is 0 Å². The van der Waals surface area contributed by atoms with Gasteiger partial charge in [0.1, 0.15) is 0 Å². The van der Waals surface area contributed by atoms with Crippen molar-refractivity contribution in [2.24, 2.45) is 5.73 Å². The number of hydrogen-bond acceptors (Lipinski definition) is 15. The van der Waals surface area contributed by atoms with Gasteiger partial charge >= 0.3 is 35.9 Å². The average Bonchev–Trinajstić information content (AvgIpc) is 3.92. The number of nitrogens with two attached hydrogens (primary N) is 1. The number of urea groups is 3. The minimum atomic E-state index is -3.58. The van der Waals surface area contributed by atoms with E-state index in [0.29, 0.717) is 23.0 Å². The van der Waals surface area contributed by atoms with Crippen molar-refractivity contribution in [1.29, 1.82) is 0 Å². The number of rotatable bonds is 13. The van der Waals surface area contributed by atoms with Crippen LogP contribution in [0.25, 0.3) is 0 Å². The van der Waals surface area contributed by atoms with Gasteiger partial charge in [-0.25, -0.2) is 41.8 Å². The smallest absolute Gasteiger partial charge is 0.354 e. The number of carboxylic acids is 1. The second-order valence-corrected chi connectivity index (χ2v) is 19.7. The van der Waals surface area contributed by atoms with Crippen molar-refractivity contribution < 1.29 is 61.5 Å². The van der Waals surface area contributed by atoms with Crippen molar-refractivity contribution in [1.82, 2.24) is 65.9 Å². The van der Waals surface area contributed by atoms with Crippen LogP contribution in [0.3, 0.4) is 0 Å². The predicted molar refractivity (Wildman–Crippen MR) is 269 cm³/mol. The number of sulfonamides is 1. The maximum atomic E-state index is 11.6. The standard InChI is InChI=1S/C11H16N2O.C10H17N3O3.C8H15N3O4S.C8H11N3O3.C8H17N3O2/c1-7(2)13-11(14)10-6-12-9(4)5-8(10)3;1-4-12-5-6-13(9(15)8(12)14)10(16)11-7(2)3;1-6(2)9-7(12)10-4-5-11(8(10)13)16(3,14)15;1-4(2)11-7(12)5-6(8(13)14)10-3-9-5;1-5(2)11-8(13)6(9)4-7(12)10-3/h5-7H,1-4H3,(H,13,14);7H,4-6H2,1-3H3,(H,11,16);6H,4-5H2,1-3H3,(H,9,12);3-4H,1-2H3,(H,9,10)(H,11,12)(H,13,14);5-6H,4,9H2,1-3H3,(H,10,12)(H,11,13). The number of nitrogens with zero attached hydrogens (tertiary/aromatic N) is 6. The fourth-order valence-electron chi connectivity index (χ4n) is 5.85. The van der Waals surface area contributed by atoms with Crippen LogP contribution in [0.2, 0.25) is 0 Å². The van der Waals surface area contributed by atoms with Gasteiger partial charge in [-0.15, -0.1) is 0 Å². The number of imide groups is 2. The Bertz CT molecular complexity index is 2350. The molecule has 73 heavy (non-hydrogen) atoms. The maximum absolute atomic E-state index is 11.6. The number of nitrogens with one attached hydrogen (secondary N) is 7. The van der Waals surface area contributed by atoms with E-state index in [0.717, 1.165) is 27.3 Å². The molecular formula is C45H76N14O13S. The number of amides is 12. The van der Waals surface area contributed by atoms with Crippen LogP contribution in [-0.2, 0) is 29.2 Å². The van der Waals surface area contributed by atoms with Gasteiger partial charge in [0.15, 0.2) is 11.4 Å². The molecule has 2 fully saturated rings. The first-order valence-corrected chi connectivity index (χ1v) is 25.1. The highest BCUT2D eigenvalue weighted by molar-refractivity contribution is 7.88. The number of aromatic amines is 1. The summed E-state index contributed by atoms with van der Waals surface area (Å²) in [6.45, 7) is 25.1. The number of carbonyl (C=O) groups is 10. The monoisotopic (exact) mass is 1050 g/mol. The van der Waals surface area contributed by atoms with E-state index in [4.69, 9.17) is 10.8 Å². The average molecular weight is 1050 g/mol. The van der Waals surface area contributed by atoms with Crippen molar-refractivity contribution in [2.75, 3.05) is 46.0 Å². The van der Waals surface area contributed by atoms with Gasteiger partial charge < -0.3 is 52.6 Å². The fourth-order valence-corrected chi connectivity index (χ4v) is 6.65. The summed E-state index contributed by atoms with van der Waals surface area (Å²) in [6, 6.07) is -0.715. The Morgan fingerprint density at radius 2 is 1.22 bits per heavy atom. The van der Waals surface area contributed by atoms with Crippen LogP contribution < -0.4 is 37.6 Å². The summed E-state index contributed by atoms with van der Waals surface area (Å²) in [5, 5.41) is 24.2. The van der Waals surface area contributed by atoms with E-state index in [1.54, 1.807) is 54.7 Å². The lowest BCUT2D eigenvalue weighted by Crippen LogP contribution is -2.58. The van der Waals surface area contributed by atoms with E-state index in [1.165, 1.54) is 18.3 Å². The summed E-state index contributed by atoms with van der Waals surface area (Å²) >= 11 is 0. The molecule has 4 heterocycles. The van der Waals surface area contributed by atoms with Gasteiger partial charge in [0, 0.05) is 68.8 Å². The fraction of sp³-hybridized carbons (Fsp3) is 0.600. The van der Waals surface area contributed by atoms with Crippen LogP contribution in [-0.4, -0.2) is 189 Å². The molecule has 0 aromatic carbocycles. The highest BCUT2D eigenvalue weighted by Gasteiger charge is 2.38. The molecule has 1 atom stereocenters. The molecule has 0 radical (unpaired) electrons. The highest BCUT2D eigenvalue weighted by atomic mass is 32.2. The quantitative estimate of drug-likeness (QED) is 0.124. The molecule has 10 N–H and O–H groups in total. The molecule has 0 aliphatic carbocycles. The van der Waals surface area contributed by atoms with Crippen molar-refractivity contribution in [2.45, 2.75) is 133 Å². The van der Waals surface area contributed by atoms with E-state index in [2.05, 4.69) is 46.9 Å². The Hall–Kier alpha value is -7.23. The first kappa shape index (κ1) is 65.8. The van der Waals surface area contributed by atoms with Crippen LogP contribution in [0.4, 0.5) is 14.4 Å². The Balaban J connectivity index is 0.000000890. The van der Waals surface area contributed by atoms with Gasteiger partial charge in [0.25, 0.3) is 11.8 Å². The van der Waals surface area contributed by atoms with Crippen LogP contribution >= 0.6 is 0 Å². The summed E-state index contributed by atoms with van der Waals surface area (Å²) in [7, 11) is -2.08. The number of aryl methyl sites for hydroxylation is 2. The third-order valence-electron chi connectivity index (χ3n) is 9.23. The topological polar surface area (TPSA) is 378 Å². The second kappa shape index (κ2) is 31.3. The molecule has 0 saturated carbocycles. The van der Waals surface area contributed by atoms with Crippen LogP contribution in [0.1, 0.15) is 125 Å². The largest absolute Gasteiger partial charge is 0.477 e. The molecule has 2 saturated heterocycles. The molecule has 2 aromatic rings. The van der Waals surface area contributed by atoms with Crippen molar-refractivity contribution in [3.8, 4) is 0 Å². The summed E-state index contributed by atoms with van der Waals surface area (Å²) in [5.41, 5.74) is 7.74. The molecule has 4 rings (SSSR count). The zero-order valence-electron chi connectivity index (χ0n) is 44.5. The summed E-state index contributed by atoms with van der Waals surface area (Å²) in [4.78, 5) is 127. The second-order valence-electron chi connectivity index (χ2n) is 17.8. The Kier molecular flexibility index (Phi) is 28.2. The van der Waals surface area contributed by atoms with E-state index in [9.17, 15) is 56.4 Å². The van der Waals surface area contributed by atoms with Gasteiger partial charge in [-0.05, 0) is 102 Å². The lowest BCUT2D eigenvalue weighted by atomic mass is 10.1. The van der Waals surface area contributed by atoms with Crippen LogP contribution in [0.5, 0.6) is 0 Å². The minimum Gasteiger partial charge on any atom is -0.477 e. The van der Waals surface area contributed by atoms with Gasteiger partial charge in [0.05, 0.1) is 43.7 Å². The number of piperazine rings is 1. The number of pyridine rings is 1. The number of likely N-dealkylation sites (N-methyl/N-ethyl adjacent to an activating group) is 1. The number of hydrogen-bond donors (Lipinski definition) is 9. The number of carboxylic acid groups (broad SMARTS) is 1. The minimum absolute atomic E-state index is 0.0170. The normalized spacial score (nSPS) is 13.6. The molecular weight excluding hydrogens is 977 g/mol. The Morgan fingerprint density at radius 1 is 0.726 bits per heavy atom. The molecule has 410 valence electrons. The molecule has 2 aliphatic rings. The van der Waals surface area contributed by atoms with Crippen LogP contribution in [0, 0.1) is 13.8 Å². The predicted octanol–water partition coefficient (Wildman–Crippen LogP) is 0.654. The van der Waals surface area contributed by atoms with E-state index < -0.39 is 57.8 Å². The van der Waals surface area contributed by atoms with E-state index in [1.807, 2.05) is 47.6 Å². The summed E-state index contributed by atoms with van der Waals surface area (Å²) in [5.74, 6) is -3.61. The zero-order chi connectivity index (χ0) is 56.7. The number of aromatic nitrogens is 3. The number of imidazole rings is 1. The molecule has 27 nitrogen and oxygen atoms in total. The van der Waals surface area contributed by atoms with E-state index in [-0.39, 0.29) is 85.4 Å². The third kappa shape index (κ3) is 23.7. The van der Waals surface area contributed by atoms with Gasteiger partial charge in [-0.2, -0.15) is 0 Å².